The monoisotopic (exact) mass is 367 g/mol. The maximum Gasteiger partial charge on any atom is 0.123 e. The first kappa shape index (κ1) is 17.8. The Hall–Kier alpha value is -1.01. The summed E-state index contributed by atoms with van der Waals surface area (Å²) < 4.78 is 13.5. The van der Waals surface area contributed by atoms with Crippen LogP contribution >= 0.6 is 23.7 Å². The lowest BCUT2D eigenvalue weighted by Crippen LogP contribution is -2.35. The number of rotatable bonds is 5. The maximum atomic E-state index is 13.5. The van der Waals surface area contributed by atoms with Crippen molar-refractivity contribution in [1.82, 2.24) is 15.2 Å². The Balaban J connectivity index is 0.00000169. The topological polar surface area (TPSA) is 28.2 Å². The highest BCUT2D eigenvalue weighted by Crippen LogP contribution is 2.56. The molecule has 1 spiro atoms. The Morgan fingerprint density at radius 1 is 1.29 bits per heavy atom. The molecule has 1 aromatic carbocycles. The average molecular weight is 368 g/mol. The molecule has 6 heteroatoms. The van der Waals surface area contributed by atoms with Crippen molar-refractivity contribution in [3.05, 3.63) is 52.2 Å². The largest absolute Gasteiger partial charge is 0.317 e. The third kappa shape index (κ3) is 3.80. The number of piperidine rings is 1. The number of halogens is 2. The van der Waals surface area contributed by atoms with Crippen molar-refractivity contribution in [3.63, 3.8) is 0 Å². The lowest BCUT2D eigenvalue weighted by molar-refractivity contribution is 0.187. The first-order valence-electron chi connectivity index (χ1n) is 8.33. The van der Waals surface area contributed by atoms with Crippen molar-refractivity contribution in [2.45, 2.75) is 38.4 Å². The lowest BCUT2D eigenvalue weighted by atomic mass is 9.93. The molecule has 1 aliphatic carbocycles. The third-order valence-electron chi connectivity index (χ3n) is 5.28. The number of aromatic nitrogens is 1. The van der Waals surface area contributed by atoms with Gasteiger partial charge in [0.15, 0.2) is 0 Å². The van der Waals surface area contributed by atoms with E-state index in [0.29, 0.717) is 11.5 Å². The molecule has 0 bridgehead atoms. The Labute approximate surface area is 152 Å². The summed E-state index contributed by atoms with van der Waals surface area (Å²) >= 11 is 1.71. The van der Waals surface area contributed by atoms with Crippen molar-refractivity contribution < 1.29 is 4.39 Å². The zero-order valence-electron chi connectivity index (χ0n) is 13.6. The highest BCUT2D eigenvalue weighted by molar-refractivity contribution is 7.09. The summed E-state index contributed by atoms with van der Waals surface area (Å²) in [4.78, 5) is 6.96. The van der Waals surface area contributed by atoms with Crippen LogP contribution in [0.4, 0.5) is 4.39 Å². The van der Waals surface area contributed by atoms with Crippen LogP contribution in [0.3, 0.4) is 0 Å². The number of hydrogen-bond acceptors (Lipinski definition) is 4. The van der Waals surface area contributed by atoms with Crippen LogP contribution in [0.25, 0.3) is 0 Å². The average Bonchev–Trinajstić information content (AvgIpc) is 2.99. The normalized spacial score (nSPS) is 21.7. The SMILES string of the molecule is Cl.Fc1cccc(CN(Cc2nccs2)C2CC23CCNCC3)c1. The molecule has 3 nitrogen and oxygen atoms in total. The second-order valence-electron chi connectivity index (χ2n) is 6.79. The molecule has 2 fully saturated rings. The molecule has 1 unspecified atom stereocenters. The summed E-state index contributed by atoms with van der Waals surface area (Å²) in [6.07, 6.45) is 5.66. The Kier molecular flexibility index (Phi) is 5.55. The minimum absolute atomic E-state index is 0. The van der Waals surface area contributed by atoms with E-state index in [0.717, 1.165) is 36.8 Å². The molecule has 1 aliphatic heterocycles. The van der Waals surface area contributed by atoms with Crippen LogP contribution in [0, 0.1) is 11.2 Å². The predicted molar refractivity (Wildman–Crippen MR) is 98.0 cm³/mol. The molecule has 1 N–H and O–H groups in total. The van der Waals surface area contributed by atoms with Crippen LogP contribution in [0.15, 0.2) is 35.8 Å². The van der Waals surface area contributed by atoms with Crippen molar-refractivity contribution in [3.8, 4) is 0 Å². The minimum atomic E-state index is -0.149. The summed E-state index contributed by atoms with van der Waals surface area (Å²) in [5.41, 5.74) is 1.54. The fourth-order valence-corrected chi connectivity index (χ4v) is 4.60. The molecule has 0 radical (unpaired) electrons. The molecule has 24 heavy (non-hydrogen) atoms. The fraction of sp³-hybridized carbons (Fsp3) is 0.500. The lowest BCUT2D eigenvalue weighted by Gasteiger charge is -2.29. The van der Waals surface area contributed by atoms with E-state index in [1.54, 1.807) is 23.5 Å². The Bertz CT molecular complexity index is 658. The zero-order valence-corrected chi connectivity index (χ0v) is 15.2. The van der Waals surface area contributed by atoms with Crippen molar-refractivity contribution in [2.24, 2.45) is 5.41 Å². The molecule has 2 aliphatic rings. The predicted octanol–water partition coefficient (Wildman–Crippen LogP) is 3.85. The minimum Gasteiger partial charge on any atom is -0.317 e. The number of nitrogens with one attached hydrogen (secondary N) is 1. The summed E-state index contributed by atoms with van der Waals surface area (Å²) in [6, 6.07) is 7.61. The van der Waals surface area contributed by atoms with Gasteiger partial charge in [0, 0.05) is 24.2 Å². The van der Waals surface area contributed by atoms with E-state index >= 15 is 0 Å². The fourth-order valence-electron chi connectivity index (χ4n) is 3.96. The Morgan fingerprint density at radius 2 is 2.12 bits per heavy atom. The highest BCUT2D eigenvalue weighted by Gasteiger charge is 2.56. The van der Waals surface area contributed by atoms with Crippen molar-refractivity contribution in [1.29, 1.82) is 0 Å². The van der Waals surface area contributed by atoms with E-state index in [1.165, 1.54) is 25.3 Å². The molecule has 1 atom stereocenters. The van der Waals surface area contributed by atoms with Crippen LogP contribution in [-0.4, -0.2) is 29.0 Å². The molecular weight excluding hydrogens is 345 g/mol. The van der Waals surface area contributed by atoms with E-state index in [1.807, 2.05) is 17.6 Å². The number of hydrogen-bond donors (Lipinski definition) is 1. The van der Waals surface area contributed by atoms with E-state index in [4.69, 9.17) is 0 Å². The van der Waals surface area contributed by atoms with Gasteiger partial charge in [-0.15, -0.1) is 23.7 Å². The molecule has 4 rings (SSSR count). The second-order valence-corrected chi connectivity index (χ2v) is 7.77. The number of benzene rings is 1. The standard InChI is InChI=1S/C18H22FN3S.ClH/c19-15-3-1-2-14(10-15)12-22(13-17-21-8-9-23-17)16-11-18(16)4-6-20-7-5-18;/h1-3,8-10,16,20H,4-7,11-13H2;1H. The molecule has 2 heterocycles. The highest BCUT2D eigenvalue weighted by atomic mass is 35.5. The first-order valence-corrected chi connectivity index (χ1v) is 9.21. The van der Waals surface area contributed by atoms with Crippen LogP contribution in [-0.2, 0) is 13.1 Å². The molecule has 130 valence electrons. The van der Waals surface area contributed by atoms with Gasteiger partial charge in [0.2, 0.25) is 0 Å². The molecule has 2 aromatic rings. The van der Waals surface area contributed by atoms with E-state index in [-0.39, 0.29) is 18.2 Å². The zero-order chi connectivity index (χ0) is 15.7. The Morgan fingerprint density at radius 3 is 2.83 bits per heavy atom. The van der Waals surface area contributed by atoms with Crippen molar-refractivity contribution in [2.75, 3.05) is 13.1 Å². The van der Waals surface area contributed by atoms with E-state index < -0.39 is 0 Å². The molecule has 0 amide bonds. The van der Waals surface area contributed by atoms with Gasteiger partial charge < -0.3 is 5.32 Å². The van der Waals surface area contributed by atoms with E-state index in [9.17, 15) is 4.39 Å². The molecule has 1 saturated heterocycles. The van der Waals surface area contributed by atoms with Gasteiger partial charge in [-0.3, -0.25) is 4.90 Å². The quantitative estimate of drug-likeness (QED) is 0.870. The van der Waals surface area contributed by atoms with Crippen LogP contribution in [0.2, 0.25) is 0 Å². The second kappa shape index (κ2) is 7.48. The summed E-state index contributed by atoms with van der Waals surface area (Å²) in [5.74, 6) is -0.149. The summed E-state index contributed by atoms with van der Waals surface area (Å²) in [7, 11) is 0. The van der Waals surface area contributed by atoms with Crippen LogP contribution in [0.5, 0.6) is 0 Å². The molecule has 1 aromatic heterocycles. The first-order chi connectivity index (χ1) is 11.3. The van der Waals surface area contributed by atoms with Crippen LogP contribution < -0.4 is 5.32 Å². The smallest absolute Gasteiger partial charge is 0.123 e. The van der Waals surface area contributed by atoms with Gasteiger partial charge in [0.05, 0.1) is 6.54 Å². The van der Waals surface area contributed by atoms with E-state index in [2.05, 4.69) is 15.2 Å². The number of nitrogens with zero attached hydrogens (tertiary/aromatic N) is 2. The van der Waals surface area contributed by atoms with Crippen molar-refractivity contribution >= 4 is 23.7 Å². The third-order valence-corrected chi connectivity index (χ3v) is 6.05. The summed E-state index contributed by atoms with van der Waals surface area (Å²) in [6.45, 7) is 3.92. The van der Waals surface area contributed by atoms with Gasteiger partial charge >= 0.3 is 0 Å². The van der Waals surface area contributed by atoms with Gasteiger partial charge in [-0.05, 0) is 55.5 Å². The van der Waals surface area contributed by atoms with Gasteiger partial charge in [-0.2, -0.15) is 0 Å². The molecular formula is C18H23ClFN3S. The van der Waals surface area contributed by atoms with Gasteiger partial charge in [0.1, 0.15) is 10.8 Å². The van der Waals surface area contributed by atoms with Gasteiger partial charge in [-0.1, -0.05) is 12.1 Å². The van der Waals surface area contributed by atoms with Crippen LogP contribution in [0.1, 0.15) is 29.8 Å². The van der Waals surface area contributed by atoms with Gasteiger partial charge in [-0.25, -0.2) is 9.37 Å². The number of thiazole rings is 1. The van der Waals surface area contributed by atoms with Gasteiger partial charge in [0.25, 0.3) is 0 Å². The maximum absolute atomic E-state index is 13.5. The molecule has 1 saturated carbocycles. The summed E-state index contributed by atoms with van der Waals surface area (Å²) in [5, 5.41) is 6.65.